The first-order valence-electron chi connectivity index (χ1n) is 9.83. The van der Waals surface area contributed by atoms with Gasteiger partial charge < -0.3 is 15.0 Å². The van der Waals surface area contributed by atoms with Crippen LogP contribution in [-0.2, 0) is 4.79 Å². The lowest BCUT2D eigenvalue weighted by molar-refractivity contribution is -0.120. The van der Waals surface area contributed by atoms with Gasteiger partial charge in [0.15, 0.2) is 5.88 Å². The second-order valence-electron chi connectivity index (χ2n) is 7.55. The Labute approximate surface area is 172 Å². The molecule has 5 nitrogen and oxygen atoms in total. The molecule has 3 aromatic rings. The molecule has 6 heteroatoms. The molecule has 0 unspecified atom stereocenters. The van der Waals surface area contributed by atoms with Gasteiger partial charge in [-0.05, 0) is 46.5 Å². The van der Waals surface area contributed by atoms with Gasteiger partial charge >= 0.3 is 0 Å². The van der Waals surface area contributed by atoms with E-state index in [1.807, 2.05) is 36.5 Å². The predicted octanol–water partition coefficient (Wildman–Crippen LogP) is 5.65. The number of carbonyl (C=O) groups is 1. The lowest BCUT2D eigenvalue weighted by Gasteiger charge is -2.27. The Kier molecular flexibility index (Phi) is 5.67. The first-order valence-corrected chi connectivity index (χ1v) is 10.6. The Hall–Kier alpha value is -2.34. The van der Waals surface area contributed by atoms with Gasteiger partial charge in [-0.3, -0.25) is 4.79 Å². The van der Waals surface area contributed by atoms with Gasteiger partial charge in [0.05, 0.1) is 0 Å². The molecule has 0 radical (unpaired) electrons. The fourth-order valence-electron chi connectivity index (χ4n) is 4.15. The van der Waals surface area contributed by atoms with E-state index in [9.17, 15) is 9.90 Å². The number of hydrogen-bond acceptors (Lipinski definition) is 3. The lowest BCUT2D eigenvalue weighted by atomic mass is 9.84. The standard InChI is InChI=1S/C22H24BrN3O2/c23-17-10-11-20(24-13-17)25-21(27)19(12-15-6-2-1-3-7-15)26-14-16-8-4-5-9-18(16)22(26)28/h4-5,8-11,13-15,19,28H,1-3,6-7,12H2,(H,24,25,27)/t19-/m0/s1. The average Bonchev–Trinajstić information content (AvgIpc) is 3.05. The highest BCUT2D eigenvalue weighted by molar-refractivity contribution is 9.10. The van der Waals surface area contributed by atoms with Gasteiger partial charge in [0.2, 0.25) is 5.91 Å². The summed E-state index contributed by atoms with van der Waals surface area (Å²) < 4.78 is 2.59. The molecule has 28 heavy (non-hydrogen) atoms. The van der Waals surface area contributed by atoms with Crippen LogP contribution in [0.4, 0.5) is 5.82 Å². The molecule has 146 valence electrons. The number of carbonyl (C=O) groups excluding carboxylic acids is 1. The molecule has 1 atom stereocenters. The van der Waals surface area contributed by atoms with E-state index in [-0.39, 0.29) is 11.8 Å². The molecular weight excluding hydrogens is 418 g/mol. The number of pyridine rings is 1. The molecule has 0 saturated heterocycles. The number of benzene rings is 1. The molecule has 1 aromatic carbocycles. The van der Waals surface area contributed by atoms with Crippen molar-refractivity contribution >= 4 is 38.4 Å². The molecule has 4 rings (SSSR count). The maximum atomic E-state index is 13.2. The number of rotatable bonds is 5. The summed E-state index contributed by atoms with van der Waals surface area (Å²) in [4.78, 5) is 17.5. The van der Waals surface area contributed by atoms with Crippen molar-refractivity contribution in [2.24, 2.45) is 5.92 Å². The van der Waals surface area contributed by atoms with Crippen LogP contribution in [0.3, 0.4) is 0 Å². The zero-order valence-electron chi connectivity index (χ0n) is 15.6. The SMILES string of the molecule is O=C(Nc1ccc(Br)cn1)[C@H](CC1CCCCC1)n1cc2ccccc2c1O. The van der Waals surface area contributed by atoms with Crippen LogP contribution in [0.2, 0.25) is 0 Å². The minimum absolute atomic E-state index is 0.143. The molecule has 1 amide bonds. The van der Waals surface area contributed by atoms with Crippen LogP contribution < -0.4 is 5.32 Å². The Morgan fingerprint density at radius 1 is 1.21 bits per heavy atom. The Balaban J connectivity index is 1.64. The molecule has 1 saturated carbocycles. The van der Waals surface area contributed by atoms with Crippen molar-refractivity contribution in [3.8, 4) is 5.88 Å². The van der Waals surface area contributed by atoms with Crippen molar-refractivity contribution in [1.29, 1.82) is 0 Å². The van der Waals surface area contributed by atoms with E-state index >= 15 is 0 Å². The van der Waals surface area contributed by atoms with Crippen LogP contribution in [0, 0.1) is 5.92 Å². The molecule has 2 heterocycles. The fourth-order valence-corrected chi connectivity index (χ4v) is 4.38. The molecule has 0 bridgehead atoms. The Morgan fingerprint density at radius 2 is 2.00 bits per heavy atom. The minimum atomic E-state index is -0.471. The zero-order valence-corrected chi connectivity index (χ0v) is 17.2. The molecule has 2 aromatic heterocycles. The molecular formula is C22H24BrN3O2. The number of hydrogen-bond donors (Lipinski definition) is 2. The second-order valence-corrected chi connectivity index (χ2v) is 8.47. The predicted molar refractivity (Wildman–Crippen MR) is 114 cm³/mol. The number of amides is 1. The van der Waals surface area contributed by atoms with Crippen molar-refractivity contribution in [2.45, 2.75) is 44.6 Å². The number of aromatic nitrogens is 2. The van der Waals surface area contributed by atoms with Crippen LogP contribution in [0.15, 0.2) is 53.3 Å². The highest BCUT2D eigenvalue weighted by Gasteiger charge is 2.28. The van der Waals surface area contributed by atoms with E-state index in [0.717, 1.165) is 34.5 Å². The third kappa shape index (κ3) is 4.07. The number of nitrogens with zero attached hydrogens (tertiary/aromatic N) is 2. The van der Waals surface area contributed by atoms with E-state index < -0.39 is 6.04 Å². The van der Waals surface area contributed by atoms with Crippen LogP contribution in [0.25, 0.3) is 10.8 Å². The van der Waals surface area contributed by atoms with Gasteiger partial charge in [0.1, 0.15) is 11.9 Å². The van der Waals surface area contributed by atoms with Crippen LogP contribution >= 0.6 is 15.9 Å². The van der Waals surface area contributed by atoms with Crippen LogP contribution in [0.5, 0.6) is 5.88 Å². The van der Waals surface area contributed by atoms with Gasteiger partial charge in [-0.2, -0.15) is 0 Å². The van der Waals surface area contributed by atoms with Gasteiger partial charge in [0, 0.05) is 27.6 Å². The molecule has 0 spiro atoms. The zero-order chi connectivity index (χ0) is 19.5. The number of aromatic hydroxyl groups is 1. The first-order chi connectivity index (χ1) is 13.6. The lowest BCUT2D eigenvalue weighted by Crippen LogP contribution is -2.28. The van der Waals surface area contributed by atoms with Gasteiger partial charge in [0.25, 0.3) is 0 Å². The fraction of sp³-hybridized carbons (Fsp3) is 0.364. The normalized spacial score (nSPS) is 16.2. The molecule has 0 aliphatic heterocycles. The summed E-state index contributed by atoms with van der Waals surface area (Å²) in [7, 11) is 0. The largest absolute Gasteiger partial charge is 0.494 e. The maximum absolute atomic E-state index is 13.2. The summed E-state index contributed by atoms with van der Waals surface area (Å²) in [6.45, 7) is 0. The summed E-state index contributed by atoms with van der Waals surface area (Å²) in [5.41, 5.74) is 0. The van der Waals surface area contributed by atoms with Gasteiger partial charge in [-0.1, -0.05) is 50.3 Å². The number of fused-ring (bicyclic) bond motifs is 1. The average molecular weight is 442 g/mol. The topological polar surface area (TPSA) is 67.2 Å². The Morgan fingerprint density at radius 3 is 2.71 bits per heavy atom. The summed E-state index contributed by atoms with van der Waals surface area (Å²) in [6, 6.07) is 10.8. The molecule has 1 fully saturated rings. The van der Waals surface area contributed by atoms with Gasteiger partial charge in [-0.25, -0.2) is 4.98 Å². The highest BCUT2D eigenvalue weighted by atomic mass is 79.9. The minimum Gasteiger partial charge on any atom is -0.494 e. The Bertz CT molecular complexity index is 962. The van der Waals surface area contributed by atoms with Crippen LogP contribution in [-0.4, -0.2) is 20.6 Å². The summed E-state index contributed by atoms with van der Waals surface area (Å²) in [5.74, 6) is 1.01. The van der Waals surface area contributed by atoms with Crippen molar-refractivity contribution in [1.82, 2.24) is 9.55 Å². The number of halogens is 1. The summed E-state index contributed by atoms with van der Waals surface area (Å²) in [6.07, 6.45) is 10.2. The quantitative estimate of drug-likeness (QED) is 0.536. The number of anilines is 1. The summed E-state index contributed by atoms with van der Waals surface area (Å²) in [5, 5.41) is 15.4. The van der Waals surface area contributed by atoms with E-state index in [1.54, 1.807) is 16.8 Å². The number of nitrogens with one attached hydrogen (secondary N) is 1. The first kappa shape index (κ1) is 19.0. The van der Waals surface area contributed by atoms with E-state index in [0.29, 0.717) is 11.7 Å². The second kappa shape index (κ2) is 8.35. The monoisotopic (exact) mass is 441 g/mol. The summed E-state index contributed by atoms with van der Waals surface area (Å²) >= 11 is 3.36. The molecule has 1 aliphatic rings. The van der Waals surface area contributed by atoms with E-state index in [1.165, 1.54) is 19.3 Å². The third-order valence-electron chi connectivity index (χ3n) is 5.62. The van der Waals surface area contributed by atoms with Crippen molar-refractivity contribution in [3.63, 3.8) is 0 Å². The third-order valence-corrected chi connectivity index (χ3v) is 6.09. The molecule has 2 N–H and O–H groups in total. The molecule has 1 aliphatic carbocycles. The van der Waals surface area contributed by atoms with Crippen molar-refractivity contribution in [2.75, 3.05) is 5.32 Å². The van der Waals surface area contributed by atoms with E-state index in [2.05, 4.69) is 26.2 Å². The van der Waals surface area contributed by atoms with Gasteiger partial charge in [-0.15, -0.1) is 0 Å². The van der Waals surface area contributed by atoms with Crippen molar-refractivity contribution < 1.29 is 9.90 Å². The smallest absolute Gasteiger partial charge is 0.248 e. The van der Waals surface area contributed by atoms with Crippen molar-refractivity contribution in [3.05, 3.63) is 53.3 Å². The van der Waals surface area contributed by atoms with E-state index in [4.69, 9.17) is 0 Å². The highest BCUT2D eigenvalue weighted by Crippen LogP contribution is 2.36. The van der Waals surface area contributed by atoms with Crippen LogP contribution in [0.1, 0.15) is 44.6 Å². The maximum Gasteiger partial charge on any atom is 0.248 e.